The van der Waals surface area contributed by atoms with E-state index in [1.165, 1.54) is 89.8 Å². The third-order valence-corrected chi connectivity index (χ3v) is 16.0. The number of benzene rings is 5. The number of alkyl halides is 1. The lowest BCUT2D eigenvalue weighted by Gasteiger charge is -2.30. The van der Waals surface area contributed by atoms with Gasteiger partial charge >= 0.3 is 23.9 Å². The summed E-state index contributed by atoms with van der Waals surface area (Å²) in [5.74, 6) is -8.70. The van der Waals surface area contributed by atoms with Crippen LogP contribution in [0, 0.1) is 29.1 Å². The molecule has 9 rings (SSSR count). The molecule has 0 radical (unpaired) electrons. The lowest BCUT2D eigenvalue weighted by atomic mass is 10.1. The van der Waals surface area contributed by atoms with Crippen LogP contribution in [0.1, 0.15) is 65.6 Å². The van der Waals surface area contributed by atoms with Gasteiger partial charge in [-0.1, -0.05) is 15.9 Å². The van der Waals surface area contributed by atoms with Crippen LogP contribution in [0.15, 0.2) is 121 Å². The zero-order valence-corrected chi connectivity index (χ0v) is 71.0. The average Bonchev–Trinajstić information content (AvgIpc) is 0.478. The topological polar surface area (TPSA) is 530 Å². The number of nitrogens with zero attached hydrogens (tertiary/aromatic N) is 3. The summed E-state index contributed by atoms with van der Waals surface area (Å²) < 4.78 is 123. The molecular weight excluding hydrogens is 1780 g/mol. The molecule has 0 spiro atoms. The second kappa shape index (κ2) is 64.8. The monoisotopic (exact) mass is 1880 g/mol. The first kappa shape index (κ1) is 111. The van der Waals surface area contributed by atoms with E-state index in [1.54, 1.807) is 23.6 Å². The summed E-state index contributed by atoms with van der Waals surface area (Å²) in [5, 5.41) is 63.9. The number of carboxylic acids is 2. The van der Waals surface area contributed by atoms with Crippen LogP contribution in [0.25, 0.3) is 0 Å². The molecule has 4 aliphatic heterocycles. The van der Waals surface area contributed by atoms with E-state index in [0.29, 0.717) is 96.4 Å². The van der Waals surface area contributed by atoms with E-state index in [-0.39, 0.29) is 91.4 Å². The van der Waals surface area contributed by atoms with E-state index in [2.05, 4.69) is 57.9 Å². The SMILES string of the molecule is C1COCCN1.CCOC(=O)CBr.CCOC(=O)COC[C@H](NC(=O)c1ccc(F)cc1)C(=O)N1CCOCC1.CS(=O)(=O)Cl.N[C@@H](CO)C(=O)O.O=C(Cl)c1ccc(F)cc1.O=C(N[C@@H](CO)C(=O)N1CCOCC1)c1ccc(F)cc1.O=C(N[C@@H](CO)C(=O)O)c1ccc(F)cc1.O=C(N[C@@H](COCCO)C(=O)N1CCOCC1)c1ccc(F)cc1. The van der Waals surface area contributed by atoms with Crippen molar-refractivity contribution in [2.75, 3.05) is 183 Å². The number of halogens is 8. The lowest BCUT2D eigenvalue weighted by Crippen LogP contribution is -2.53. The van der Waals surface area contributed by atoms with Gasteiger partial charge in [0.2, 0.25) is 26.8 Å². The van der Waals surface area contributed by atoms with Gasteiger partial charge in [0.25, 0.3) is 28.9 Å². The minimum absolute atomic E-state index is 0.0519. The maximum absolute atomic E-state index is 13.0. The molecule has 7 amide bonds. The number of carboxylic acid groups (broad SMARTS) is 2. The third-order valence-electron chi connectivity index (χ3n) is 15.3. The van der Waals surface area contributed by atoms with Crippen LogP contribution < -0.4 is 32.3 Å². The number of carbonyl (C=O) groups is 12. The quantitative estimate of drug-likeness (QED) is 0.0110. The number of nitrogens with one attached hydrogen (secondary N) is 5. The summed E-state index contributed by atoms with van der Waals surface area (Å²) in [6.45, 7) is 10.7. The number of ether oxygens (including phenoxy) is 8. The molecule has 4 saturated heterocycles. The Labute approximate surface area is 722 Å². The van der Waals surface area contributed by atoms with Crippen LogP contribution in [0.2, 0.25) is 0 Å². The van der Waals surface area contributed by atoms with Gasteiger partial charge in [0, 0.05) is 90.9 Å². The van der Waals surface area contributed by atoms with Crippen LogP contribution in [0.5, 0.6) is 0 Å². The Bertz CT molecular complexity index is 4080. The number of rotatable bonds is 28. The lowest BCUT2D eigenvalue weighted by molar-refractivity contribution is -0.150. The van der Waals surface area contributed by atoms with Gasteiger partial charge < -0.3 is 116 Å². The molecule has 4 fully saturated rings. The summed E-state index contributed by atoms with van der Waals surface area (Å²) in [6.07, 6.45) is 0.925. The fourth-order valence-electron chi connectivity index (χ4n) is 9.21. The van der Waals surface area contributed by atoms with E-state index >= 15 is 0 Å². The van der Waals surface area contributed by atoms with Crippen molar-refractivity contribution >= 4 is 118 Å². The number of amides is 7. The molecule has 5 aromatic rings. The van der Waals surface area contributed by atoms with Gasteiger partial charge in [-0.25, -0.2) is 40.0 Å². The van der Waals surface area contributed by atoms with E-state index < -0.39 is 129 Å². The summed E-state index contributed by atoms with van der Waals surface area (Å²) in [7, 11) is 1.31. The van der Waals surface area contributed by atoms with Crippen molar-refractivity contribution in [3.63, 3.8) is 0 Å². The van der Waals surface area contributed by atoms with Crippen molar-refractivity contribution in [3.8, 4) is 0 Å². The van der Waals surface area contributed by atoms with E-state index in [9.17, 15) is 93.0 Å². The van der Waals surface area contributed by atoms with Gasteiger partial charge in [-0.2, -0.15) is 0 Å². The smallest absolute Gasteiger partial charge is 0.332 e. The molecule has 13 N–H and O–H groups in total. The van der Waals surface area contributed by atoms with Crippen molar-refractivity contribution in [2.24, 2.45) is 5.73 Å². The minimum Gasteiger partial charge on any atom is -0.480 e. The third kappa shape index (κ3) is 51.1. The predicted octanol–water partition coefficient (Wildman–Crippen LogP) is 1.26. The fourth-order valence-corrected chi connectivity index (χ4v) is 9.49. The second-order valence-corrected chi connectivity index (χ2v) is 28.6. The molecule has 46 heteroatoms. The number of aliphatic hydroxyl groups excluding tert-OH is 4. The van der Waals surface area contributed by atoms with Gasteiger partial charge in [0.15, 0.2) is 6.04 Å². The molecule has 0 unspecified atom stereocenters. The summed E-state index contributed by atoms with van der Waals surface area (Å²) in [5.41, 5.74) is 5.89. The van der Waals surface area contributed by atoms with Crippen LogP contribution in [-0.4, -0.2) is 337 Å². The molecule has 0 saturated carbocycles. The molecular formula is C77H101BrCl2F5N9O28S. The Balaban J connectivity index is 0.000000730. The standard InChI is InChI=1S/C18H23FN2O6.C16H21FN2O5.C14H17FN2O4.C10H10FNO4.C7H4ClFO.C4H7BrO2.C4H9NO.C3H7NO3.CH3ClO2S/c1-2-27-16(22)12-26-11-15(18(24)21-7-9-25-10-8-21)20-17(23)13-3-5-14(19)6-4-13;17-13-3-1-12(2-4-13)15(21)18-14(11-24-10-7-20)16(22)19-5-8-23-9-6-19;15-11-3-1-10(2-4-11)13(19)16-12(9-18)14(20)17-5-7-21-8-6-17;11-7-3-1-6(2-4-7)9(14)12-8(5-13)10(15)16;8-7(10)5-1-3-6(9)4-2-5;1-2-7-4(6)3-5;1-3-6-4-2-5-1;4-2(1-5)3(6)7;1-5(2,3)4/h3-6,15H,2,7-12H2,1H3,(H,20,23);1-4,14,20H,5-11H2,(H,18,21);1-4,12,18H,5-9H2,(H,16,19);1-4,8,13H,5H2,(H,12,14)(H,15,16);1-4H;2-3H2,1H3;5H,1-4H2;2,5H,1,4H2,(H,6,7);1H3/t15-;14-;12-;8-;;;;2-;/m0000...0./s1. The predicted molar refractivity (Wildman–Crippen MR) is 434 cm³/mol. The highest BCUT2D eigenvalue weighted by Crippen LogP contribution is 2.12. The first-order valence-electron chi connectivity index (χ1n) is 37.1. The molecule has 4 heterocycles. The number of aliphatic carboxylic acids is 2. The molecule has 123 heavy (non-hydrogen) atoms. The Morgan fingerprint density at radius 2 is 0.748 bits per heavy atom. The van der Waals surface area contributed by atoms with Crippen molar-refractivity contribution in [2.45, 2.75) is 44.1 Å². The number of carbonyl (C=O) groups excluding carboxylic acids is 10. The number of morpholine rings is 4. The number of nitrogens with two attached hydrogens (primary N) is 1. The first-order valence-corrected chi connectivity index (χ1v) is 41.4. The van der Waals surface area contributed by atoms with E-state index in [1.807, 2.05) is 0 Å². The molecule has 0 aliphatic carbocycles. The number of hydrogen-bond acceptors (Lipinski definition) is 28. The molecule has 684 valence electrons. The van der Waals surface area contributed by atoms with Crippen molar-refractivity contribution < 1.29 is 156 Å². The number of aliphatic hydroxyl groups is 4. The highest BCUT2D eigenvalue weighted by atomic mass is 79.9. The molecule has 4 aliphatic rings. The van der Waals surface area contributed by atoms with Crippen LogP contribution >= 0.6 is 38.2 Å². The summed E-state index contributed by atoms with van der Waals surface area (Å²) in [4.78, 5) is 142. The molecule has 0 bridgehead atoms. The number of hydrogen-bond donors (Lipinski definition) is 12. The fraction of sp³-hybridized carbons (Fsp3) is 0.455. The van der Waals surface area contributed by atoms with Crippen molar-refractivity contribution in [3.05, 3.63) is 178 Å². The highest BCUT2D eigenvalue weighted by Gasteiger charge is 2.31. The largest absolute Gasteiger partial charge is 0.480 e. The van der Waals surface area contributed by atoms with Gasteiger partial charge in [-0.3, -0.25) is 47.9 Å². The Hall–Kier alpha value is -9.88. The maximum atomic E-state index is 13.0. The van der Waals surface area contributed by atoms with Crippen molar-refractivity contribution in [1.82, 2.24) is 41.3 Å². The van der Waals surface area contributed by atoms with Crippen molar-refractivity contribution in [1.29, 1.82) is 0 Å². The molecule has 0 aromatic heterocycles. The van der Waals surface area contributed by atoms with Gasteiger partial charge in [0.05, 0.1) is 119 Å². The normalized spacial score (nSPS) is 14.4. The van der Waals surface area contributed by atoms with Gasteiger partial charge in [-0.15, -0.1) is 0 Å². The zero-order valence-electron chi connectivity index (χ0n) is 67.0. The maximum Gasteiger partial charge on any atom is 0.332 e. The first-order chi connectivity index (χ1) is 58.5. The number of esters is 2. The minimum atomic E-state index is -3.19. The summed E-state index contributed by atoms with van der Waals surface area (Å²) >= 11 is 8.04. The molecule has 5 atom stereocenters. The highest BCUT2D eigenvalue weighted by molar-refractivity contribution is 9.09. The van der Waals surface area contributed by atoms with Crippen LogP contribution in [0.3, 0.4) is 0 Å². The van der Waals surface area contributed by atoms with E-state index in [4.69, 9.17) is 76.0 Å². The Morgan fingerprint density at radius 1 is 0.463 bits per heavy atom. The van der Waals surface area contributed by atoms with Crippen LogP contribution in [0.4, 0.5) is 22.0 Å². The van der Waals surface area contributed by atoms with Gasteiger partial charge in [-0.05, 0) is 147 Å². The second-order valence-electron chi connectivity index (χ2n) is 24.7. The summed E-state index contributed by atoms with van der Waals surface area (Å²) in [6, 6.07) is 19.2. The Morgan fingerprint density at radius 3 is 0.984 bits per heavy atom. The molecule has 37 nitrogen and oxygen atoms in total. The van der Waals surface area contributed by atoms with Gasteiger partial charge in [0.1, 0.15) is 65.2 Å². The van der Waals surface area contributed by atoms with Crippen LogP contribution in [-0.2, 0) is 80.5 Å². The van der Waals surface area contributed by atoms with E-state index in [0.717, 1.165) is 69.0 Å². The average molecular weight is 1880 g/mol. The molecule has 5 aromatic carbocycles. The Kier molecular flexibility index (Phi) is 58.6. The zero-order chi connectivity index (χ0) is 92.2.